The molecule has 1 amide bonds. The molecular formula is C25H27N3O2. The van der Waals surface area contributed by atoms with Crippen LogP contribution in [0.4, 0.5) is 5.82 Å². The minimum atomic E-state index is -0.277. The second kappa shape index (κ2) is 7.31. The number of pyridine rings is 1. The Hall–Kier alpha value is -3.08. The van der Waals surface area contributed by atoms with Crippen LogP contribution >= 0.6 is 0 Å². The van der Waals surface area contributed by atoms with Crippen LogP contribution in [0.1, 0.15) is 59.8 Å². The van der Waals surface area contributed by atoms with E-state index in [9.17, 15) is 9.59 Å². The van der Waals surface area contributed by atoms with Crippen molar-refractivity contribution >= 4 is 22.6 Å². The van der Waals surface area contributed by atoms with Crippen LogP contribution in [0.5, 0.6) is 0 Å². The number of hydrogen-bond acceptors (Lipinski definition) is 3. The van der Waals surface area contributed by atoms with Crippen molar-refractivity contribution in [2.45, 2.75) is 51.2 Å². The molecule has 1 aromatic heterocycles. The zero-order chi connectivity index (χ0) is 20.8. The molecule has 0 spiro atoms. The quantitative estimate of drug-likeness (QED) is 0.674. The Bertz CT molecular complexity index is 1170. The van der Waals surface area contributed by atoms with E-state index >= 15 is 0 Å². The molecule has 154 valence electrons. The minimum absolute atomic E-state index is 0.146. The molecule has 1 unspecified atom stereocenters. The number of aromatic nitrogens is 1. The number of amides is 1. The topological polar surface area (TPSA) is 54.3 Å². The van der Waals surface area contributed by atoms with Gasteiger partial charge in [-0.15, -0.1) is 0 Å². The van der Waals surface area contributed by atoms with E-state index in [4.69, 9.17) is 0 Å². The number of benzene rings is 2. The summed E-state index contributed by atoms with van der Waals surface area (Å²) < 4.78 is 1.95. The van der Waals surface area contributed by atoms with E-state index in [0.29, 0.717) is 11.2 Å². The fraction of sp³-hybridized carbons (Fsp3) is 0.360. The molecule has 1 aliphatic carbocycles. The molecule has 5 rings (SSSR count). The van der Waals surface area contributed by atoms with E-state index in [1.54, 1.807) is 0 Å². The Kier molecular flexibility index (Phi) is 4.61. The maximum atomic E-state index is 13.9. The number of carbonyl (C=O) groups excluding carboxylic acids is 1. The lowest BCUT2D eigenvalue weighted by atomic mass is 9.91. The van der Waals surface area contributed by atoms with Gasteiger partial charge in [0.15, 0.2) is 0 Å². The number of nitrogens with one attached hydrogen (secondary N) is 1. The molecule has 2 aromatic carbocycles. The van der Waals surface area contributed by atoms with E-state index in [-0.39, 0.29) is 29.1 Å². The number of anilines is 1. The maximum Gasteiger partial charge on any atom is 0.263 e. The van der Waals surface area contributed by atoms with E-state index in [2.05, 4.69) is 36.5 Å². The van der Waals surface area contributed by atoms with Crippen LogP contribution in [0.2, 0.25) is 0 Å². The molecule has 0 radical (unpaired) electrons. The first kappa shape index (κ1) is 18.9. The Balaban J connectivity index is 1.72. The summed E-state index contributed by atoms with van der Waals surface area (Å²) in [6.45, 7) is 2.06. The first-order chi connectivity index (χ1) is 14.6. The fourth-order valence-electron chi connectivity index (χ4n) is 5.03. The summed E-state index contributed by atoms with van der Waals surface area (Å²) in [4.78, 5) is 29.2. The average molecular weight is 402 g/mol. The normalized spacial score (nSPS) is 19.6. The highest BCUT2D eigenvalue weighted by molar-refractivity contribution is 6.04. The Labute approximate surface area is 176 Å². The summed E-state index contributed by atoms with van der Waals surface area (Å²) in [5, 5.41) is 4.17. The van der Waals surface area contributed by atoms with Crippen molar-refractivity contribution < 1.29 is 4.79 Å². The zero-order valence-electron chi connectivity index (χ0n) is 17.5. The van der Waals surface area contributed by atoms with Crippen LogP contribution < -0.4 is 10.7 Å². The lowest BCUT2D eigenvalue weighted by Gasteiger charge is -2.44. The fourth-order valence-corrected chi connectivity index (χ4v) is 5.03. The largest absolute Gasteiger partial charge is 0.347 e. The second-order valence-electron chi connectivity index (χ2n) is 8.59. The van der Waals surface area contributed by atoms with Gasteiger partial charge in [-0.25, -0.2) is 0 Å². The van der Waals surface area contributed by atoms with E-state index in [0.717, 1.165) is 36.8 Å². The van der Waals surface area contributed by atoms with Gasteiger partial charge in [0.2, 0.25) is 5.43 Å². The molecule has 1 saturated carbocycles. The van der Waals surface area contributed by atoms with Gasteiger partial charge in [0.05, 0.1) is 5.52 Å². The number of para-hydroxylation sites is 1. The zero-order valence-corrected chi connectivity index (χ0v) is 17.5. The average Bonchev–Trinajstić information content (AvgIpc) is 2.78. The third-order valence-electron chi connectivity index (χ3n) is 6.67. The van der Waals surface area contributed by atoms with Crippen molar-refractivity contribution in [2.24, 2.45) is 7.05 Å². The lowest BCUT2D eigenvalue weighted by molar-refractivity contribution is 0.0519. The van der Waals surface area contributed by atoms with Crippen LogP contribution in [0.15, 0.2) is 53.3 Å². The smallest absolute Gasteiger partial charge is 0.263 e. The molecule has 1 aliphatic heterocycles. The number of hydrogen-bond donors (Lipinski definition) is 1. The van der Waals surface area contributed by atoms with Gasteiger partial charge in [0.1, 0.15) is 17.5 Å². The molecule has 2 aliphatic rings. The van der Waals surface area contributed by atoms with Crippen molar-refractivity contribution in [3.63, 3.8) is 0 Å². The molecule has 1 fully saturated rings. The highest BCUT2D eigenvalue weighted by Crippen LogP contribution is 2.37. The molecule has 1 N–H and O–H groups in total. The summed E-state index contributed by atoms with van der Waals surface area (Å²) >= 11 is 0. The van der Waals surface area contributed by atoms with Crippen molar-refractivity contribution in [3.05, 3.63) is 75.4 Å². The van der Waals surface area contributed by atoms with Gasteiger partial charge >= 0.3 is 0 Å². The number of carbonyl (C=O) groups is 1. The standard InChI is InChI=1S/C25H27N3O2/c1-16-12-14-17(15-13-16)23-26-24-21(25(30)28(23)18-8-4-3-5-9-18)22(29)19-10-6-7-11-20(19)27(24)2/h6-7,10-15,18,23,26H,3-5,8-9H2,1-2H3. The van der Waals surface area contributed by atoms with E-state index in [1.807, 2.05) is 40.8 Å². The Morgan fingerprint density at radius 1 is 0.933 bits per heavy atom. The summed E-state index contributed by atoms with van der Waals surface area (Å²) in [5.74, 6) is 0.467. The lowest BCUT2D eigenvalue weighted by Crippen LogP contribution is -2.51. The maximum absolute atomic E-state index is 13.9. The third kappa shape index (κ3) is 2.92. The molecule has 0 bridgehead atoms. The monoisotopic (exact) mass is 401 g/mol. The minimum Gasteiger partial charge on any atom is -0.347 e. The van der Waals surface area contributed by atoms with Crippen molar-refractivity contribution in [1.29, 1.82) is 0 Å². The summed E-state index contributed by atoms with van der Waals surface area (Å²) in [6.07, 6.45) is 5.15. The number of nitrogens with zero attached hydrogens (tertiary/aromatic N) is 2. The molecule has 1 atom stereocenters. The number of fused-ring (bicyclic) bond motifs is 2. The molecule has 30 heavy (non-hydrogen) atoms. The van der Waals surface area contributed by atoms with E-state index in [1.165, 1.54) is 12.0 Å². The predicted molar refractivity (Wildman–Crippen MR) is 120 cm³/mol. The Morgan fingerprint density at radius 2 is 1.63 bits per heavy atom. The number of rotatable bonds is 2. The second-order valence-corrected chi connectivity index (χ2v) is 8.59. The summed E-state index contributed by atoms with van der Waals surface area (Å²) in [6, 6.07) is 16.0. The van der Waals surface area contributed by atoms with Crippen molar-refractivity contribution in [1.82, 2.24) is 9.47 Å². The van der Waals surface area contributed by atoms with Gasteiger partial charge in [0, 0.05) is 18.5 Å². The number of aryl methyl sites for hydroxylation is 2. The molecule has 3 aromatic rings. The van der Waals surface area contributed by atoms with Gasteiger partial charge in [-0.2, -0.15) is 0 Å². The molecular weight excluding hydrogens is 374 g/mol. The molecule has 2 heterocycles. The van der Waals surface area contributed by atoms with Crippen molar-refractivity contribution in [2.75, 3.05) is 5.32 Å². The highest BCUT2D eigenvalue weighted by atomic mass is 16.2. The van der Waals surface area contributed by atoms with Crippen LogP contribution in [-0.4, -0.2) is 21.4 Å². The molecule has 0 saturated heterocycles. The van der Waals surface area contributed by atoms with Gasteiger partial charge in [0.25, 0.3) is 5.91 Å². The first-order valence-electron chi connectivity index (χ1n) is 10.8. The Morgan fingerprint density at radius 3 is 2.37 bits per heavy atom. The molecule has 5 heteroatoms. The van der Waals surface area contributed by atoms with Gasteiger partial charge in [-0.1, -0.05) is 61.2 Å². The van der Waals surface area contributed by atoms with Gasteiger partial charge < -0.3 is 14.8 Å². The van der Waals surface area contributed by atoms with Crippen LogP contribution in [0.25, 0.3) is 10.9 Å². The van der Waals surface area contributed by atoms with Crippen LogP contribution in [-0.2, 0) is 7.05 Å². The molecule has 5 nitrogen and oxygen atoms in total. The highest BCUT2D eigenvalue weighted by Gasteiger charge is 2.40. The third-order valence-corrected chi connectivity index (χ3v) is 6.67. The van der Waals surface area contributed by atoms with Crippen LogP contribution in [0.3, 0.4) is 0 Å². The summed E-state index contributed by atoms with van der Waals surface area (Å²) in [7, 11) is 1.92. The van der Waals surface area contributed by atoms with E-state index < -0.39 is 0 Å². The first-order valence-corrected chi connectivity index (χ1v) is 10.8. The predicted octanol–water partition coefficient (Wildman–Crippen LogP) is 4.75. The van der Waals surface area contributed by atoms with Gasteiger partial charge in [-0.05, 0) is 37.5 Å². The SMILES string of the molecule is Cc1ccc(C2Nc3c(c(=O)c4ccccc4n3C)C(=O)N2C2CCCCC2)cc1. The summed E-state index contributed by atoms with van der Waals surface area (Å²) in [5.41, 5.74) is 3.15. The van der Waals surface area contributed by atoms with Crippen molar-refractivity contribution in [3.8, 4) is 0 Å². The van der Waals surface area contributed by atoms with Gasteiger partial charge in [-0.3, -0.25) is 9.59 Å². The van der Waals surface area contributed by atoms with Crippen LogP contribution in [0, 0.1) is 6.92 Å².